The van der Waals surface area contributed by atoms with E-state index in [2.05, 4.69) is 18.8 Å². The standard InChI is InChI=1S/C9H13NO/c1-7(2)3-8-4-9(6-11)10-5-8/h4-7,10H,3H2,1-2H3. The van der Waals surface area contributed by atoms with Gasteiger partial charge in [-0.1, -0.05) is 13.8 Å². The first-order valence-corrected chi connectivity index (χ1v) is 3.85. The van der Waals surface area contributed by atoms with Gasteiger partial charge in [0.05, 0.1) is 5.69 Å². The van der Waals surface area contributed by atoms with Gasteiger partial charge in [0.15, 0.2) is 6.29 Å². The molecule has 60 valence electrons. The average molecular weight is 151 g/mol. The highest BCUT2D eigenvalue weighted by Gasteiger charge is 1.99. The minimum absolute atomic E-state index is 0.644. The molecular formula is C9H13NO. The molecule has 0 aliphatic carbocycles. The van der Waals surface area contributed by atoms with Gasteiger partial charge in [-0.15, -0.1) is 0 Å². The first-order chi connectivity index (χ1) is 5.22. The predicted octanol–water partition coefficient (Wildman–Crippen LogP) is 2.03. The Hall–Kier alpha value is -1.05. The van der Waals surface area contributed by atoms with Crippen LogP contribution >= 0.6 is 0 Å². The summed E-state index contributed by atoms with van der Waals surface area (Å²) in [7, 11) is 0. The summed E-state index contributed by atoms with van der Waals surface area (Å²) in [6.45, 7) is 4.32. The second-order valence-electron chi connectivity index (χ2n) is 3.18. The van der Waals surface area contributed by atoms with Crippen LogP contribution in [0.3, 0.4) is 0 Å². The molecule has 0 atom stereocenters. The molecule has 2 heteroatoms. The van der Waals surface area contributed by atoms with Crippen molar-refractivity contribution in [2.45, 2.75) is 20.3 Å². The molecule has 2 nitrogen and oxygen atoms in total. The lowest BCUT2D eigenvalue weighted by molar-refractivity contribution is 0.111. The summed E-state index contributed by atoms with van der Waals surface area (Å²) >= 11 is 0. The number of aldehydes is 1. The molecule has 11 heavy (non-hydrogen) atoms. The summed E-state index contributed by atoms with van der Waals surface area (Å²) in [5, 5.41) is 0. The van der Waals surface area contributed by atoms with Gasteiger partial charge < -0.3 is 4.98 Å². The van der Waals surface area contributed by atoms with Crippen LogP contribution in [0, 0.1) is 5.92 Å². The lowest BCUT2D eigenvalue weighted by atomic mass is 10.1. The van der Waals surface area contributed by atoms with Crippen LogP contribution in [0.1, 0.15) is 29.9 Å². The molecular weight excluding hydrogens is 138 g/mol. The van der Waals surface area contributed by atoms with E-state index in [0.717, 1.165) is 12.7 Å². The van der Waals surface area contributed by atoms with E-state index in [1.54, 1.807) is 0 Å². The van der Waals surface area contributed by atoms with Crippen LogP contribution in [0.2, 0.25) is 0 Å². The minimum atomic E-state index is 0.644. The Morgan fingerprint density at radius 1 is 1.64 bits per heavy atom. The fourth-order valence-electron chi connectivity index (χ4n) is 1.12. The van der Waals surface area contributed by atoms with Gasteiger partial charge in [0, 0.05) is 6.20 Å². The second-order valence-corrected chi connectivity index (χ2v) is 3.18. The highest BCUT2D eigenvalue weighted by molar-refractivity contribution is 5.72. The quantitative estimate of drug-likeness (QED) is 0.659. The molecule has 0 fully saturated rings. The predicted molar refractivity (Wildman–Crippen MR) is 44.7 cm³/mol. The topological polar surface area (TPSA) is 32.9 Å². The summed E-state index contributed by atoms with van der Waals surface area (Å²) in [6, 6.07) is 1.90. The van der Waals surface area contributed by atoms with Crippen LogP contribution in [-0.4, -0.2) is 11.3 Å². The highest BCUT2D eigenvalue weighted by Crippen LogP contribution is 2.07. The molecule has 1 aromatic rings. The number of hydrogen-bond acceptors (Lipinski definition) is 1. The number of nitrogens with one attached hydrogen (secondary N) is 1. The number of rotatable bonds is 3. The summed E-state index contributed by atoms with van der Waals surface area (Å²) < 4.78 is 0. The zero-order valence-electron chi connectivity index (χ0n) is 6.92. The number of carbonyl (C=O) groups is 1. The number of hydrogen-bond donors (Lipinski definition) is 1. The molecule has 0 aliphatic heterocycles. The van der Waals surface area contributed by atoms with Crippen LogP contribution < -0.4 is 0 Å². The molecule has 1 aromatic heterocycles. The van der Waals surface area contributed by atoms with Crippen molar-refractivity contribution >= 4 is 6.29 Å². The van der Waals surface area contributed by atoms with Crippen molar-refractivity contribution in [2.24, 2.45) is 5.92 Å². The van der Waals surface area contributed by atoms with Crippen molar-refractivity contribution in [2.75, 3.05) is 0 Å². The summed E-state index contributed by atoms with van der Waals surface area (Å²) in [4.78, 5) is 13.2. The molecule has 0 saturated carbocycles. The lowest BCUT2D eigenvalue weighted by Gasteiger charge is -1.99. The molecule has 0 radical (unpaired) electrons. The number of H-pyrrole nitrogens is 1. The van der Waals surface area contributed by atoms with Crippen LogP contribution in [0.15, 0.2) is 12.3 Å². The van der Waals surface area contributed by atoms with Crippen LogP contribution in [0.4, 0.5) is 0 Å². The molecule has 1 heterocycles. The SMILES string of the molecule is CC(C)Cc1c[nH]c(C=O)c1. The molecule has 0 saturated heterocycles. The Balaban J connectivity index is 2.65. The largest absolute Gasteiger partial charge is 0.359 e. The third kappa shape index (κ3) is 2.22. The first-order valence-electron chi connectivity index (χ1n) is 3.85. The van der Waals surface area contributed by atoms with Gasteiger partial charge in [0.25, 0.3) is 0 Å². The molecule has 0 aromatic carbocycles. The van der Waals surface area contributed by atoms with Crippen molar-refractivity contribution in [3.05, 3.63) is 23.5 Å². The molecule has 1 rings (SSSR count). The zero-order valence-corrected chi connectivity index (χ0v) is 6.92. The molecule has 0 bridgehead atoms. The lowest BCUT2D eigenvalue weighted by Crippen LogP contribution is -1.90. The number of aromatic amines is 1. The molecule has 0 spiro atoms. The van der Waals surface area contributed by atoms with Crippen molar-refractivity contribution in [1.29, 1.82) is 0 Å². The summed E-state index contributed by atoms with van der Waals surface area (Å²) in [5.74, 6) is 0.644. The van der Waals surface area contributed by atoms with Gasteiger partial charge in [-0.05, 0) is 24.0 Å². The third-order valence-corrected chi connectivity index (χ3v) is 1.54. The van der Waals surface area contributed by atoms with E-state index >= 15 is 0 Å². The van der Waals surface area contributed by atoms with E-state index < -0.39 is 0 Å². The fourth-order valence-corrected chi connectivity index (χ4v) is 1.12. The van der Waals surface area contributed by atoms with Crippen molar-refractivity contribution in [3.63, 3.8) is 0 Å². The van der Waals surface area contributed by atoms with E-state index in [0.29, 0.717) is 11.6 Å². The highest BCUT2D eigenvalue weighted by atomic mass is 16.1. The number of aromatic nitrogens is 1. The van der Waals surface area contributed by atoms with Crippen LogP contribution in [0.5, 0.6) is 0 Å². The Kier molecular flexibility index (Phi) is 2.47. The molecule has 0 aliphatic rings. The minimum Gasteiger partial charge on any atom is -0.359 e. The molecule has 1 N–H and O–H groups in total. The van der Waals surface area contributed by atoms with Crippen molar-refractivity contribution in [1.82, 2.24) is 4.98 Å². The van der Waals surface area contributed by atoms with Crippen LogP contribution in [0.25, 0.3) is 0 Å². The summed E-state index contributed by atoms with van der Waals surface area (Å²) in [6.07, 6.45) is 3.76. The third-order valence-electron chi connectivity index (χ3n) is 1.54. The van der Waals surface area contributed by atoms with Crippen LogP contribution in [-0.2, 0) is 6.42 Å². The van der Waals surface area contributed by atoms with Crippen molar-refractivity contribution in [3.8, 4) is 0 Å². The van der Waals surface area contributed by atoms with Gasteiger partial charge in [0.2, 0.25) is 0 Å². The average Bonchev–Trinajstić information content (AvgIpc) is 2.34. The maximum absolute atomic E-state index is 10.3. The fraction of sp³-hybridized carbons (Fsp3) is 0.444. The van der Waals surface area contributed by atoms with E-state index in [-0.39, 0.29) is 0 Å². The maximum atomic E-state index is 10.3. The Labute approximate surface area is 66.6 Å². The number of carbonyl (C=O) groups excluding carboxylic acids is 1. The summed E-state index contributed by atoms with van der Waals surface area (Å²) in [5.41, 5.74) is 1.88. The van der Waals surface area contributed by atoms with E-state index in [9.17, 15) is 4.79 Å². The van der Waals surface area contributed by atoms with Gasteiger partial charge in [-0.2, -0.15) is 0 Å². The Morgan fingerprint density at radius 2 is 2.36 bits per heavy atom. The Morgan fingerprint density at radius 3 is 2.82 bits per heavy atom. The normalized spacial score (nSPS) is 10.5. The van der Waals surface area contributed by atoms with Gasteiger partial charge >= 0.3 is 0 Å². The maximum Gasteiger partial charge on any atom is 0.166 e. The van der Waals surface area contributed by atoms with E-state index in [4.69, 9.17) is 0 Å². The smallest absolute Gasteiger partial charge is 0.166 e. The monoisotopic (exact) mass is 151 g/mol. The zero-order chi connectivity index (χ0) is 8.27. The van der Waals surface area contributed by atoms with Gasteiger partial charge in [-0.3, -0.25) is 4.79 Å². The van der Waals surface area contributed by atoms with Gasteiger partial charge in [-0.25, -0.2) is 0 Å². The van der Waals surface area contributed by atoms with E-state index in [1.165, 1.54) is 5.56 Å². The second kappa shape index (κ2) is 3.37. The van der Waals surface area contributed by atoms with Gasteiger partial charge in [0.1, 0.15) is 0 Å². The first kappa shape index (κ1) is 8.05. The van der Waals surface area contributed by atoms with E-state index in [1.807, 2.05) is 12.3 Å². The molecule has 0 unspecified atom stereocenters. The Bertz CT molecular complexity index is 237. The van der Waals surface area contributed by atoms with Crippen molar-refractivity contribution < 1.29 is 4.79 Å². The molecule has 0 amide bonds.